The minimum atomic E-state index is -0.350. The molecule has 0 saturated carbocycles. The Balaban J connectivity index is 2.77. The molecule has 108 valence electrons. The van der Waals surface area contributed by atoms with E-state index in [0.29, 0.717) is 11.6 Å². The topological polar surface area (TPSA) is 49.4 Å². The molecular formula is C14H24N2O2S. The number of nitrogens with zero attached hydrogens (tertiary/aromatic N) is 1. The fourth-order valence-electron chi connectivity index (χ4n) is 1.93. The minimum absolute atomic E-state index is 0.0269. The summed E-state index contributed by atoms with van der Waals surface area (Å²) in [6.45, 7) is 9.65. The summed E-state index contributed by atoms with van der Waals surface area (Å²) < 4.78 is 0. The smallest absolute Gasteiger partial charge is 0.250 e. The molecule has 1 aliphatic heterocycles. The third-order valence-electron chi connectivity index (χ3n) is 2.79. The molecule has 1 fully saturated rings. The zero-order valence-corrected chi connectivity index (χ0v) is 13.3. The quantitative estimate of drug-likeness (QED) is 0.808. The Bertz CT molecular complexity index is 385. The Labute approximate surface area is 120 Å². The van der Waals surface area contributed by atoms with Gasteiger partial charge in [0.25, 0.3) is 5.91 Å². The number of allylic oxidation sites excluding steroid dienone is 1. The molecule has 0 aromatic rings. The molecule has 1 heterocycles. The summed E-state index contributed by atoms with van der Waals surface area (Å²) in [5.41, 5.74) is 0.450. The SMILES string of the molecule is CC/C=C(\C)C(=O)N1CSC[C@@H]1C(=O)NC(C)(C)C. The van der Waals surface area contributed by atoms with Crippen LogP contribution in [0.1, 0.15) is 41.0 Å². The first kappa shape index (κ1) is 16.1. The lowest BCUT2D eigenvalue weighted by Gasteiger charge is -2.27. The Morgan fingerprint density at radius 2 is 2.05 bits per heavy atom. The van der Waals surface area contributed by atoms with E-state index in [0.717, 1.165) is 12.0 Å². The number of nitrogens with one attached hydrogen (secondary N) is 1. The summed E-state index contributed by atoms with van der Waals surface area (Å²) in [6.07, 6.45) is 2.74. The summed E-state index contributed by atoms with van der Waals surface area (Å²) in [5.74, 6) is 1.18. The molecule has 1 N–H and O–H groups in total. The molecule has 5 heteroatoms. The highest BCUT2D eigenvalue weighted by Crippen LogP contribution is 2.23. The largest absolute Gasteiger partial charge is 0.350 e. The number of thioether (sulfide) groups is 1. The van der Waals surface area contributed by atoms with Crippen molar-refractivity contribution in [2.45, 2.75) is 52.6 Å². The van der Waals surface area contributed by atoms with Crippen LogP contribution in [-0.4, -0.2) is 39.9 Å². The Kier molecular flexibility index (Phi) is 5.47. The van der Waals surface area contributed by atoms with Crippen molar-refractivity contribution in [2.75, 3.05) is 11.6 Å². The zero-order valence-electron chi connectivity index (χ0n) is 12.4. The van der Waals surface area contributed by atoms with Crippen molar-refractivity contribution in [3.05, 3.63) is 11.6 Å². The van der Waals surface area contributed by atoms with Crippen LogP contribution in [0.3, 0.4) is 0 Å². The number of amides is 2. The monoisotopic (exact) mass is 284 g/mol. The molecule has 0 aliphatic carbocycles. The summed E-state index contributed by atoms with van der Waals surface area (Å²) in [7, 11) is 0. The first-order valence-electron chi connectivity index (χ1n) is 6.63. The number of rotatable bonds is 3. The lowest BCUT2D eigenvalue weighted by molar-refractivity contribution is -0.136. The maximum Gasteiger partial charge on any atom is 0.250 e. The van der Waals surface area contributed by atoms with Crippen LogP contribution in [0.4, 0.5) is 0 Å². The Hall–Kier alpha value is -0.970. The van der Waals surface area contributed by atoms with Gasteiger partial charge in [-0.1, -0.05) is 13.0 Å². The molecule has 0 unspecified atom stereocenters. The third-order valence-corrected chi connectivity index (χ3v) is 3.80. The Morgan fingerprint density at radius 1 is 1.42 bits per heavy atom. The average molecular weight is 284 g/mol. The lowest BCUT2D eigenvalue weighted by Crippen LogP contribution is -2.52. The van der Waals surface area contributed by atoms with Crippen LogP contribution in [0.25, 0.3) is 0 Å². The van der Waals surface area contributed by atoms with E-state index in [-0.39, 0.29) is 23.4 Å². The van der Waals surface area contributed by atoms with Crippen LogP contribution in [0, 0.1) is 0 Å². The van der Waals surface area contributed by atoms with Gasteiger partial charge in [0, 0.05) is 16.9 Å². The molecule has 2 amide bonds. The van der Waals surface area contributed by atoms with E-state index in [1.807, 2.05) is 40.7 Å². The highest BCUT2D eigenvalue weighted by molar-refractivity contribution is 7.99. The minimum Gasteiger partial charge on any atom is -0.350 e. The maximum atomic E-state index is 12.3. The highest BCUT2D eigenvalue weighted by Gasteiger charge is 2.36. The second-order valence-electron chi connectivity index (χ2n) is 5.83. The van der Waals surface area contributed by atoms with Crippen molar-refractivity contribution in [3.8, 4) is 0 Å². The molecule has 0 aromatic heterocycles. The van der Waals surface area contributed by atoms with Gasteiger partial charge in [0.2, 0.25) is 5.91 Å². The van der Waals surface area contributed by atoms with Crippen molar-refractivity contribution >= 4 is 23.6 Å². The summed E-state index contributed by atoms with van der Waals surface area (Å²) in [4.78, 5) is 26.2. The molecule has 0 spiro atoms. The van der Waals surface area contributed by atoms with Crippen LogP contribution in [0.15, 0.2) is 11.6 Å². The molecule has 0 radical (unpaired) electrons. The molecule has 1 atom stereocenters. The van der Waals surface area contributed by atoms with Crippen LogP contribution < -0.4 is 5.32 Å². The van der Waals surface area contributed by atoms with E-state index in [9.17, 15) is 9.59 Å². The molecule has 0 bridgehead atoms. The second-order valence-corrected chi connectivity index (χ2v) is 6.83. The zero-order chi connectivity index (χ0) is 14.6. The molecule has 1 rings (SSSR count). The van der Waals surface area contributed by atoms with Gasteiger partial charge in [0.05, 0.1) is 5.88 Å². The van der Waals surface area contributed by atoms with E-state index in [2.05, 4.69) is 5.32 Å². The van der Waals surface area contributed by atoms with Crippen molar-refractivity contribution < 1.29 is 9.59 Å². The average Bonchev–Trinajstić information content (AvgIpc) is 2.74. The fraction of sp³-hybridized carbons (Fsp3) is 0.714. The van der Waals surface area contributed by atoms with Crippen molar-refractivity contribution in [1.29, 1.82) is 0 Å². The summed E-state index contributed by atoms with van der Waals surface area (Å²) >= 11 is 1.63. The molecule has 0 aromatic carbocycles. The van der Waals surface area contributed by atoms with Gasteiger partial charge in [-0.05, 0) is 34.1 Å². The highest BCUT2D eigenvalue weighted by atomic mass is 32.2. The van der Waals surface area contributed by atoms with E-state index >= 15 is 0 Å². The van der Waals surface area contributed by atoms with Gasteiger partial charge < -0.3 is 10.2 Å². The van der Waals surface area contributed by atoms with Gasteiger partial charge in [0.15, 0.2) is 0 Å². The molecule has 1 saturated heterocycles. The second kappa shape index (κ2) is 6.46. The van der Waals surface area contributed by atoms with Crippen molar-refractivity contribution in [2.24, 2.45) is 0 Å². The fourth-order valence-corrected chi connectivity index (χ4v) is 3.09. The van der Waals surface area contributed by atoms with Gasteiger partial charge in [-0.15, -0.1) is 11.8 Å². The predicted molar refractivity (Wildman–Crippen MR) is 79.9 cm³/mol. The number of hydrogen-bond acceptors (Lipinski definition) is 3. The van der Waals surface area contributed by atoms with Gasteiger partial charge >= 0.3 is 0 Å². The van der Waals surface area contributed by atoms with Crippen molar-refractivity contribution in [1.82, 2.24) is 10.2 Å². The Morgan fingerprint density at radius 3 is 2.58 bits per heavy atom. The van der Waals surface area contributed by atoms with Crippen LogP contribution in [0.5, 0.6) is 0 Å². The van der Waals surface area contributed by atoms with Gasteiger partial charge in [0.1, 0.15) is 6.04 Å². The first-order chi connectivity index (χ1) is 8.76. The summed E-state index contributed by atoms with van der Waals surface area (Å²) in [6, 6.07) is -0.350. The van der Waals surface area contributed by atoms with E-state index in [4.69, 9.17) is 0 Å². The van der Waals surface area contributed by atoms with Gasteiger partial charge in [-0.3, -0.25) is 9.59 Å². The molecule has 4 nitrogen and oxygen atoms in total. The molecular weight excluding hydrogens is 260 g/mol. The van der Waals surface area contributed by atoms with E-state index in [1.54, 1.807) is 16.7 Å². The maximum absolute atomic E-state index is 12.3. The first-order valence-corrected chi connectivity index (χ1v) is 7.79. The standard InChI is InChI=1S/C14H24N2O2S/c1-6-7-10(2)13(18)16-9-19-8-11(16)12(17)15-14(3,4)5/h7,11H,6,8-9H2,1-5H3,(H,15,17)/b10-7+/t11-/m1/s1. The van der Waals surface area contributed by atoms with E-state index < -0.39 is 0 Å². The predicted octanol–water partition coefficient (Wildman–Crippen LogP) is 2.16. The van der Waals surface area contributed by atoms with Gasteiger partial charge in [-0.25, -0.2) is 0 Å². The number of carbonyl (C=O) groups excluding carboxylic acids is 2. The third kappa shape index (κ3) is 4.56. The van der Waals surface area contributed by atoms with Crippen LogP contribution in [0.2, 0.25) is 0 Å². The lowest BCUT2D eigenvalue weighted by atomic mass is 10.1. The van der Waals surface area contributed by atoms with E-state index in [1.165, 1.54) is 0 Å². The van der Waals surface area contributed by atoms with Crippen LogP contribution >= 0.6 is 11.8 Å². The van der Waals surface area contributed by atoms with Crippen LogP contribution in [-0.2, 0) is 9.59 Å². The molecule has 1 aliphatic rings. The number of hydrogen-bond donors (Lipinski definition) is 1. The summed E-state index contributed by atoms with van der Waals surface area (Å²) in [5, 5.41) is 2.95. The van der Waals surface area contributed by atoms with Gasteiger partial charge in [-0.2, -0.15) is 0 Å². The van der Waals surface area contributed by atoms with Crippen molar-refractivity contribution in [3.63, 3.8) is 0 Å². The normalized spacial score (nSPS) is 20.6. The molecule has 19 heavy (non-hydrogen) atoms. The number of carbonyl (C=O) groups is 2.